The highest BCUT2D eigenvalue weighted by atomic mass is 16.5. The minimum Gasteiger partial charge on any atom is -0.507 e. The first kappa shape index (κ1) is 21.5. The summed E-state index contributed by atoms with van der Waals surface area (Å²) in [6.45, 7) is 4.30. The third-order valence-corrected chi connectivity index (χ3v) is 6.48. The molecule has 0 aliphatic heterocycles. The molecule has 34 heavy (non-hydrogen) atoms. The Balaban J connectivity index is 1.49. The summed E-state index contributed by atoms with van der Waals surface area (Å²) < 4.78 is 5.95. The Hall–Kier alpha value is -4.38. The molecule has 0 spiro atoms. The van der Waals surface area contributed by atoms with Crippen LogP contribution in [-0.4, -0.2) is 16.7 Å². The molecule has 5 rings (SSSR count). The molecule has 0 amide bonds. The van der Waals surface area contributed by atoms with Crippen LogP contribution in [0, 0.1) is 0 Å². The van der Waals surface area contributed by atoms with Crippen molar-refractivity contribution in [2.75, 3.05) is 5.73 Å². The second-order valence-corrected chi connectivity index (χ2v) is 8.88. The van der Waals surface area contributed by atoms with E-state index in [2.05, 4.69) is 26.0 Å². The number of rotatable bonds is 4. The second-order valence-electron chi connectivity index (χ2n) is 8.88. The Morgan fingerprint density at radius 1 is 0.735 bits per heavy atom. The molecule has 0 unspecified atom stereocenters. The number of phenolic OH excluding ortho intramolecular Hbond substituents is 1. The number of benzene rings is 4. The van der Waals surface area contributed by atoms with Gasteiger partial charge < -0.3 is 15.6 Å². The topological polar surface area (TPSA) is 89.6 Å². The molecule has 0 saturated carbocycles. The molecule has 1 aliphatic rings. The lowest BCUT2D eigenvalue weighted by atomic mass is 9.78. The predicted octanol–water partition coefficient (Wildman–Crippen LogP) is 5.87. The van der Waals surface area contributed by atoms with Crippen LogP contribution in [0.1, 0.15) is 56.8 Å². The van der Waals surface area contributed by atoms with Crippen molar-refractivity contribution < 1.29 is 19.4 Å². The monoisotopic (exact) mass is 449 g/mol. The van der Waals surface area contributed by atoms with Crippen molar-refractivity contribution >= 4 is 17.3 Å². The Morgan fingerprint density at radius 2 is 1.26 bits per heavy atom. The second kappa shape index (κ2) is 7.89. The van der Waals surface area contributed by atoms with Crippen LogP contribution >= 0.6 is 0 Å². The molecular weight excluding hydrogens is 426 g/mol. The molecule has 0 atom stereocenters. The van der Waals surface area contributed by atoms with Crippen molar-refractivity contribution in [1.29, 1.82) is 0 Å². The van der Waals surface area contributed by atoms with Gasteiger partial charge in [0.2, 0.25) is 0 Å². The lowest BCUT2D eigenvalue weighted by Crippen LogP contribution is -2.22. The van der Waals surface area contributed by atoms with Crippen molar-refractivity contribution in [3.05, 3.63) is 118 Å². The van der Waals surface area contributed by atoms with Gasteiger partial charge in [-0.2, -0.15) is 0 Å². The standard InChI is InChI=1S/C29H23NO4/c1-29(2,17-8-4-3-5-9-17)18-12-14-19(15-13-18)34-23-16-22(31)24-25(26(23)30)28(33)21-11-7-6-10-20(21)27(24)32/h3-16,31H,30H2,1-2H3. The van der Waals surface area contributed by atoms with Gasteiger partial charge in [0.1, 0.15) is 11.5 Å². The van der Waals surface area contributed by atoms with E-state index in [4.69, 9.17) is 10.5 Å². The van der Waals surface area contributed by atoms with E-state index in [1.807, 2.05) is 42.5 Å². The van der Waals surface area contributed by atoms with Crippen molar-refractivity contribution in [2.45, 2.75) is 19.3 Å². The van der Waals surface area contributed by atoms with Crippen LogP contribution in [0.4, 0.5) is 5.69 Å². The number of hydrogen-bond donors (Lipinski definition) is 2. The lowest BCUT2D eigenvalue weighted by molar-refractivity contribution is 0.0977. The van der Waals surface area contributed by atoms with Crippen molar-refractivity contribution in [3.63, 3.8) is 0 Å². The highest BCUT2D eigenvalue weighted by molar-refractivity contribution is 6.31. The molecule has 4 aromatic rings. The van der Waals surface area contributed by atoms with Crippen molar-refractivity contribution in [1.82, 2.24) is 0 Å². The summed E-state index contributed by atoms with van der Waals surface area (Å²) in [7, 11) is 0. The third kappa shape index (κ3) is 3.33. The summed E-state index contributed by atoms with van der Waals surface area (Å²) >= 11 is 0. The Bertz CT molecular complexity index is 1440. The summed E-state index contributed by atoms with van der Waals surface area (Å²) in [6, 6.07) is 25.6. The highest BCUT2D eigenvalue weighted by Crippen LogP contribution is 2.43. The van der Waals surface area contributed by atoms with E-state index in [1.54, 1.807) is 24.3 Å². The van der Waals surface area contributed by atoms with Gasteiger partial charge in [-0.3, -0.25) is 9.59 Å². The molecule has 0 fully saturated rings. The summed E-state index contributed by atoms with van der Waals surface area (Å²) in [5.74, 6) is -0.578. The fraction of sp³-hybridized carbons (Fsp3) is 0.103. The van der Waals surface area contributed by atoms with E-state index in [1.165, 1.54) is 11.6 Å². The fourth-order valence-corrected chi connectivity index (χ4v) is 4.45. The van der Waals surface area contributed by atoms with Crippen molar-refractivity contribution in [2.24, 2.45) is 0 Å². The first-order valence-corrected chi connectivity index (χ1v) is 11.0. The number of aromatic hydroxyl groups is 1. The minimum atomic E-state index is -0.437. The molecule has 0 bridgehead atoms. The van der Waals surface area contributed by atoms with Gasteiger partial charge in [-0.05, 0) is 23.3 Å². The summed E-state index contributed by atoms with van der Waals surface area (Å²) in [5.41, 5.74) is 8.80. The molecule has 0 aromatic heterocycles. The van der Waals surface area contributed by atoms with Crippen molar-refractivity contribution in [3.8, 4) is 17.2 Å². The SMILES string of the molecule is CC(C)(c1ccccc1)c1ccc(Oc2cc(O)c3c(c2N)C(=O)c2ccccc2C3=O)cc1. The van der Waals surface area contributed by atoms with Crippen LogP contribution in [0.15, 0.2) is 84.9 Å². The van der Waals surface area contributed by atoms with Gasteiger partial charge in [0.25, 0.3) is 0 Å². The van der Waals surface area contributed by atoms with E-state index in [9.17, 15) is 14.7 Å². The number of nitrogen functional groups attached to an aromatic ring is 1. The number of ether oxygens (including phenoxy) is 1. The van der Waals surface area contributed by atoms with Gasteiger partial charge in [0, 0.05) is 22.6 Å². The van der Waals surface area contributed by atoms with Gasteiger partial charge in [-0.15, -0.1) is 0 Å². The molecule has 0 heterocycles. The number of anilines is 1. The normalized spacial score (nSPS) is 12.8. The van der Waals surface area contributed by atoms with Crippen LogP contribution in [0.2, 0.25) is 0 Å². The van der Waals surface area contributed by atoms with Crippen LogP contribution in [0.5, 0.6) is 17.2 Å². The number of nitrogens with two attached hydrogens (primary N) is 1. The number of fused-ring (bicyclic) bond motifs is 2. The highest BCUT2D eigenvalue weighted by Gasteiger charge is 2.35. The smallest absolute Gasteiger partial charge is 0.198 e. The minimum absolute atomic E-state index is 0.0225. The van der Waals surface area contributed by atoms with Crippen LogP contribution in [-0.2, 0) is 5.41 Å². The number of carbonyl (C=O) groups excluding carboxylic acids is 2. The number of phenols is 1. The number of carbonyl (C=O) groups is 2. The predicted molar refractivity (Wildman–Crippen MR) is 131 cm³/mol. The summed E-state index contributed by atoms with van der Waals surface area (Å²) in [4.78, 5) is 26.1. The molecule has 1 aliphatic carbocycles. The van der Waals surface area contributed by atoms with E-state index < -0.39 is 11.6 Å². The van der Waals surface area contributed by atoms with Gasteiger partial charge in [0.05, 0.1) is 16.8 Å². The molecular formula is C29H23NO4. The van der Waals surface area contributed by atoms with E-state index in [0.29, 0.717) is 5.75 Å². The van der Waals surface area contributed by atoms with Gasteiger partial charge in [0.15, 0.2) is 17.3 Å². The summed E-state index contributed by atoms with van der Waals surface area (Å²) in [6.07, 6.45) is 0. The van der Waals surface area contributed by atoms with Crippen LogP contribution in [0.25, 0.3) is 0 Å². The fourth-order valence-electron chi connectivity index (χ4n) is 4.45. The Kier molecular flexibility index (Phi) is 4.98. The Morgan fingerprint density at radius 3 is 1.88 bits per heavy atom. The molecule has 0 radical (unpaired) electrons. The number of ketones is 2. The first-order valence-electron chi connectivity index (χ1n) is 11.0. The zero-order valence-electron chi connectivity index (χ0n) is 18.8. The van der Waals surface area contributed by atoms with Gasteiger partial charge in [-0.25, -0.2) is 0 Å². The lowest BCUT2D eigenvalue weighted by Gasteiger charge is -2.26. The quantitative estimate of drug-likeness (QED) is 0.265. The zero-order valence-corrected chi connectivity index (χ0v) is 18.8. The van der Waals surface area contributed by atoms with Crippen LogP contribution in [0.3, 0.4) is 0 Å². The van der Waals surface area contributed by atoms with E-state index in [0.717, 1.165) is 5.56 Å². The average Bonchev–Trinajstić information content (AvgIpc) is 2.85. The maximum Gasteiger partial charge on any atom is 0.198 e. The van der Waals surface area contributed by atoms with E-state index in [-0.39, 0.29) is 44.9 Å². The zero-order chi connectivity index (χ0) is 24.0. The molecule has 4 aromatic carbocycles. The summed E-state index contributed by atoms with van der Waals surface area (Å²) in [5, 5.41) is 10.6. The maximum absolute atomic E-state index is 13.1. The molecule has 168 valence electrons. The largest absolute Gasteiger partial charge is 0.507 e. The van der Waals surface area contributed by atoms with E-state index >= 15 is 0 Å². The van der Waals surface area contributed by atoms with Crippen LogP contribution < -0.4 is 10.5 Å². The third-order valence-electron chi connectivity index (χ3n) is 6.48. The first-order chi connectivity index (χ1) is 16.3. The number of hydrogen-bond acceptors (Lipinski definition) is 5. The molecule has 0 saturated heterocycles. The Labute approximate surface area is 197 Å². The molecule has 3 N–H and O–H groups in total. The average molecular weight is 450 g/mol. The maximum atomic E-state index is 13.1. The molecule has 5 nitrogen and oxygen atoms in total. The van der Waals surface area contributed by atoms with Gasteiger partial charge >= 0.3 is 0 Å². The van der Waals surface area contributed by atoms with Gasteiger partial charge in [-0.1, -0.05) is 80.6 Å². The molecule has 5 heteroatoms.